The molecule has 0 amide bonds. The van der Waals surface area contributed by atoms with Crippen LogP contribution in [-0.4, -0.2) is 19.6 Å². The minimum absolute atomic E-state index is 0.0188. The predicted molar refractivity (Wildman–Crippen MR) is 83.9 cm³/mol. The SMILES string of the molecule is Cc1c(CO)cc(Cl)cc1S(=O)(=O)NC1CCCC(C)C1. The molecule has 1 aromatic carbocycles. The van der Waals surface area contributed by atoms with E-state index < -0.39 is 10.0 Å². The van der Waals surface area contributed by atoms with Crippen LogP contribution in [-0.2, 0) is 16.6 Å². The molecule has 1 saturated carbocycles. The summed E-state index contributed by atoms with van der Waals surface area (Å²) in [5.74, 6) is 0.542. The zero-order chi connectivity index (χ0) is 15.6. The second kappa shape index (κ2) is 6.65. The highest BCUT2D eigenvalue weighted by molar-refractivity contribution is 7.89. The van der Waals surface area contributed by atoms with Crippen molar-refractivity contribution in [2.45, 2.75) is 57.1 Å². The van der Waals surface area contributed by atoms with Gasteiger partial charge in [0, 0.05) is 11.1 Å². The largest absolute Gasteiger partial charge is 0.392 e. The van der Waals surface area contributed by atoms with Gasteiger partial charge in [-0.2, -0.15) is 0 Å². The van der Waals surface area contributed by atoms with E-state index in [1.165, 1.54) is 6.07 Å². The molecule has 2 N–H and O–H groups in total. The maximum absolute atomic E-state index is 12.6. The van der Waals surface area contributed by atoms with Crippen LogP contribution >= 0.6 is 11.6 Å². The Balaban J connectivity index is 2.29. The Morgan fingerprint density at radius 1 is 1.38 bits per heavy atom. The van der Waals surface area contributed by atoms with Crippen LogP contribution in [0.3, 0.4) is 0 Å². The lowest BCUT2D eigenvalue weighted by Gasteiger charge is -2.27. The van der Waals surface area contributed by atoms with Crippen LogP contribution in [0.15, 0.2) is 17.0 Å². The maximum Gasteiger partial charge on any atom is 0.241 e. The average Bonchev–Trinajstić information content (AvgIpc) is 2.40. The van der Waals surface area contributed by atoms with Crippen LogP contribution in [0.5, 0.6) is 0 Å². The van der Waals surface area contributed by atoms with Gasteiger partial charge in [0.2, 0.25) is 10.0 Å². The number of benzene rings is 1. The summed E-state index contributed by atoms with van der Waals surface area (Å²) in [4.78, 5) is 0.164. The fraction of sp³-hybridized carbons (Fsp3) is 0.600. The second-order valence-electron chi connectivity index (χ2n) is 5.94. The molecule has 21 heavy (non-hydrogen) atoms. The maximum atomic E-state index is 12.6. The van der Waals surface area contributed by atoms with Crippen molar-refractivity contribution in [3.63, 3.8) is 0 Å². The van der Waals surface area contributed by atoms with Gasteiger partial charge in [0.1, 0.15) is 0 Å². The van der Waals surface area contributed by atoms with Crippen LogP contribution in [0.2, 0.25) is 5.02 Å². The number of rotatable bonds is 4. The summed E-state index contributed by atoms with van der Waals surface area (Å²) in [6.45, 7) is 3.62. The fourth-order valence-electron chi connectivity index (χ4n) is 2.98. The number of nitrogens with one attached hydrogen (secondary N) is 1. The summed E-state index contributed by atoms with van der Waals surface area (Å²) in [6, 6.07) is 3.03. The third-order valence-corrected chi connectivity index (χ3v) is 6.02. The molecule has 118 valence electrons. The molecule has 1 fully saturated rings. The smallest absolute Gasteiger partial charge is 0.241 e. The molecule has 0 aromatic heterocycles. The molecule has 2 atom stereocenters. The first-order valence-corrected chi connectivity index (χ1v) is 9.12. The van der Waals surface area contributed by atoms with Gasteiger partial charge in [-0.3, -0.25) is 0 Å². The highest BCUT2D eigenvalue weighted by atomic mass is 35.5. The monoisotopic (exact) mass is 331 g/mol. The van der Waals surface area contributed by atoms with Gasteiger partial charge >= 0.3 is 0 Å². The van der Waals surface area contributed by atoms with Crippen molar-refractivity contribution in [1.82, 2.24) is 4.72 Å². The summed E-state index contributed by atoms with van der Waals surface area (Å²) in [5, 5.41) is 9.64. The molecule has 4 nitrogen and oxygen atoms in total. The molecule has 2 unspecified atom stereocenters. The third-order valence-electron chi connectivity index (χ3n) is 4.15. The number of aliphatic hydroxyl groups is 1. The Morgan fingerprint density at radius 2 is 2.10 bits per heavy atom. The molecule has 0 radical (unpaired) electrons. The van der Waals surface area contributed by atoms with E-state index in [1.807, 2.05) is 0 Å². The van der Waals surface area contributed by atoms with Crippen molar-refractivity contribution in [3.8, 4) is 0 Å². The van der Waals surface area contributed by atoms with Crippen LogP contribution in [0.4, 0.5) is 0 Å². The molecular weight excluding hydrogens is 310 g/mol. The first-order chi connectivity index (χ1) is 9.83. The lowest BCUT2D eigenvalue weighted by molar-refractivity contribution is 0.280. The van der Waals surface area contributed by atoms with Gasteiger partial charge in [0.05, 0.1) is 11.5 Å². The molecule has 1 aliphatic carbocycles. The van der Waals surface area contributed by atoms with E-state index in [2.05, 4.69) is 11.6 Å². The van der Waals surface area contributed by atoms with Gasteiger partial charge < -0.3 is 5.11 Å². The number of hydrogen-bond acceptors (Lipinski definition) is 3. The van der Waals surface area contributed by atoms with Crippen LogP contribution < -0.4 is 4.72 Å². The zero-order valence-electron chi connectivity index (χ0n) is 12.4. The zero-order valence-corrected chi connectivity index (χ0v) is 14.0. The van der Waals surface area contributed by atoms with Gasteiger partial charge in [-0.05, 0) is 48.9 Å². The lowest BCUT2D eigenvalue weighted by Crippen LogP contribution is -2.38. The van der Waals surface area contributed by atoms with E-state index in [0.29, 0.717) is 22.1 Å². The quantitative estimate of drug-likeness (QED) is 0.891. The van der Waals surface area contributed by atoms with Gasteiger partial charge in [-0.15, -0.1) is 0 Å². The number of hydrogen-bond donors (Lipinski definition) is 2. The first-order valence-electron chi connectivity index (χ1n) is 7.25. The van der Waals surface area contributed by atoms with Crippen molar-refractivity contribution >= 4 is 21.6 Å². The minimum Gasteiger partial charge on any atom is -0.392 e. The molecular formula is C15H22ClNO3S. The Labute approximate surface area is 131 Å². The molecule has 0 saturated heterocycles. The van der Waals surface area contributed by atoms with Crippen LogP contribution in [0.1, 0.15) is 43.7 Å². The lowest BCUT2D eigenvalue weighted by atomic mass is 9.88. The molecule has 0 heterocycles. The van der Waals surface area contributed by atoms with E-state index in [-0.39, 0.29) is 17.5 Å². The van der Waals surface area contributed by atoms with Crippen molar-refractivity contribution in [2.24, 2.45) is 5.92 Å². The third kappa shape index (κ3) is 3.97. The number of aliphatic hydroxyl groups excluding tert-OH is 1. The van der Waals surface area contributed by atoms with Crippen LogP contribution in [0.25, 0.3) is 0 Å². The number of sulfonamides is 1. The molecule has 0 bridgehead atoms. The van der Waals surface area contributed by atoms with Gasteiger partial charge in [0.25, 0.3) is 0 Å². The van der Waals surface area contributed by atoms with E-state index in [0.717, 1.165) is 25.7 Å². The summed E-state index contributed by atoms with van der Waals surface area (Å²) in [6.07, 6.45) is 3.94. The second-order valence-corrected chi connectivity index (χ2v) is 8.05. The highest BCUT2D eigenvalue weighted by Crippen LogP contribution is 2.28. The summed E-state index contributed by atoms with van der Waals surface area (Å²) < 4.78 is 28.0. The molecule has 0 aliphatic heterocycles. The Morgan fingerprint density at radius 3 is 2.71 bits per heavy atom. The van der Waals surface area contributed by atoms with Gasteiger partial charge in [-0.25, -0.2) is 13.1 Å². The van der Waals surface area contributed by atoms with Crippen molar-refractivity contribution in [1.29, 1.82) is 0 Å². The topological polar surface area (TPSA) is 66.4 Å². The van der Waals surface area contributed by atoms with Crippen LogP contribution in [0, 0.1) is 12.8 Å². The molecule has 0 spiro atoms. The van der Waals surface area contributed by atoms with Crippen molar-refractivity contribution < 1.29 is 13.5 Å². The normalized spacial score (nSPS) is 23.2. The minimum atomic E-state index is -3.61. The van der Waals surface area contributed by atoms with Gasteiger partial charge in [0.15, 0.2) is 0 Å². The van der Waals surface area contributed by atoms with E-state index >= 15 is 0 Å². The standard InChI is InChI=1S/C15H22ClNO3S/c1-10-4-3-5-14(6-10)17-21(19,20)15-8-13(16)7-12(9-18)11(15)2/h7-8,10,14,17-18H,3-6,9H2,1-2H3. The molecule has 1 aliphatic rings. The molecule has 6 heteroatoms. The summed E-state index contributed by atoms with van der Waals surface area (Å²) >= 11 is 5.97. The first kappa shape index (κ1) is 16.7. The van der Waals surface area contributed by atoms with Gasteiger partial charge in [-0.1, -0.05) is 31.4 Å². The average molecular weight is 332 g/mol. The number of halogens is 1. The summed E-state index contributed by atoms with van der Waals surface area (Å²) in [7, 11) is -3.61. The predicted octanol–water partition coefficient (Wildman–Crippen LogP) is 3.00. The van der Waals surface area contributed by atoms with Crippen molar-refractivity contribution in [3.05, 3.63) is 28.3 Å². The molecule has 1 aromatic rings. The van der Waals surface area contributed by atoms with E-state index in [1.54, 1.807) is 13.0 Å². The van der Waals surface area contributed by atoms with E-state index in [9.17, 15) is 13.5 Å². The van der Waals surface area contributed by atoms with E-state index in [4.69, 9.17) is 11.6 Å². The van der Waals surface area contributed by atoms with Crippen molar-refractivity contribution in [2.75, 3.05) is 0 Å². The fourth-order valence-corrected chi connectivity index (χ4v) is 4.88. The molecule has 2 rings (SSSR count). The Hall–Kier alpha value is -0.620. The Bertz CT molecular complexity index is 616. The summed E-state index contributed by atoms with van der Waals surface area (Å²) in [5.41, 5.74) is 1.10. The Kier molecular flexibility index (Phi) is 5.30. The highest BCUT2D eigenvalue weighted by Gasteiger charge is 2.26.